The van der Waals surface area contributed by atoms with Gasteiger partial charge in [0.15, 0.2) is 6.10 Å². The Labute approximate surface area is 88.6 Å². The van der Waals surface area contributed by atoms with E-state index in [0.29, 0.717) is 0 Å². The molecule has 0 aliphatic carbocycles. The van der Waals surface area contributed by atoms with Crippen LogP contribution in [0.1, 0.15) is 23.2 Å². The van der Waals surface area contributed by atoms with E-state index in [1.54, 1.807) is 0 Å². The topological polar surface area (TPSA) is 59.7 Å². The summed E-state index contributed by atoms with van der Waals surface area (Å²) in [6.45, 7) is 0.439. The molecule has 1 heterocycles. The van der Waals surface area contributed by atoms with E-state index in [1.165, 1.54) is 6.07 Å². The van der Waals surface area contributed by atoms with Gasteiger partial charge in [0.2, 0.25) is 5.76 Å². The number of alkyl halides is 3. The van der Waals surface area contributed by atoms with Crippen molar-refractivity contribution >= 4 is 5.97 Å². The van der Waals surface area contributed by atoms with Crippen LogP contribution in [0.4, 0.5) is 13.2 Å². The Kier molecular flexibility index (Phi) is 3.58. The lowest BCUT2D eigenvalue weighted by molar-refractivity contribution is -0.218. The second kappa shape index (κ2) is 4.56. The lowest BCUT2D eigenvalue weighted by Gasteiger charge is -2.15. The Bertz CT molecular complexity index is 369. The van der Waals surface area contributed by atoms with Crippen molar-refractivity contribution < 1.29 is 32.2 Å². The molecule has 0 fully saturated rings. The molecule has 0 amide bonds. The van der Waals surface area contributed by atoms with Gasteiger partial charge < -0.3 is 14.3 Å². The van der Waals surface area contributed by atoms with E-state index >= 15 is 0 Å². The number of hydrogen-bond donors (Lipinski definition) is 1. The molecule has 0 aliphatic rings. The fourth-order valence-electron chi connectivity index (χ4n) is 0.872. The first-order valence-electron chi connectivity index (χ1n) is 4.31. The Morgan fingerprint density at radius 1 is 1.56 bits per heavy atom. The number of furan rings is 1. The molecule has 1 aromatic rings. The lowest BCUT2D eigenvalue weighted by atomic mass is 10.4. The first kappa shape index (κ1) is 12.6. The van der Waals surface area contributed by atoms with E-state index in [1.807, 2.05) is 0 Å². The SMILES string of the molecule is CC(OCc1ccc(C(=O)O)o1)C(F)(F)F. The fourth-order valence-corrected chi connectivity index (χ4v) is 0.872. The average Bonchev–Trinajstić information content (AvgIpc) is 2.60. The average molecular weight is 238 g/mol. The fraction of sp³-hybridized carbons (Fsp3) is 0.444. The smallest absolute Gasteiger partial charge is 0.414 e. The molecule has 0 bridgehead atoms. The number of halogens is 3. The number of hydrogen-bond acceptors (Lipinski definition) is 3. The molecule has 1 atom stereocenters. The Balaban J connectivity index is 2.52. The van der Waals surface area contributed by atoms with E-state index < -0.39 is 24.9 Å². The van der Waals surface area contributed by atoms with Crippen LogP contribution in [0.3, 0.4) is 0 Å². The van der Waals surface area contributed by atoms with E-state index in [9.17, 15) is 18.0 Å². The molecular formula is C9H9F3O4. The zero-order chi connectivity index (χ0) is 12.3. The zero-order valence-electron chi connectivity index (χ0n) is 8.25. The van der Waals surface area contributed by atoms with Crippen LogP contribution in [0.5, 0.6) is 0 Å². The molecule has 0 aromatic carbocycles. The molecule has 0 aliphatic heterocycles. The first-order valence-corrected chi connectivity index (χ1v) is 4.31. The van der Waals surface area contributed by atoms with Crippen molar-refractivity contribution in [2.75, 3.05) is 0 Å². The maximum atomic E-state index is 12.0. The van der Waals surface area contributed by atoms with Gasteiger partial charge >= 0.3 is 12.1 Å². The molecule has 1 unspecified atom stereocenters. The van der Waals surface area contributed by atoms with Crippen molar-refractivity contribution in [2.45, 2.75) is 25.8 Å². The molecule has 0 radical (unpaired) electrons. The highest BCUT2D eigenvalue weighted by Crippen LogP contribution is 2.23. The van der Waals surface area contributed by atoms with E-state index in [4.69, 9.17) is 9.52 Å². The number of carbonyl (C=O) groups is 1. The van der Waals surface area contributed by atoms with Crippen molar-refractivity contribution in [1.29, 1.82) is 0 Å². The molecular weight excluding hydrogens is 229 g/mol. The van der Waals surface area contributed by atoms with Crippen molar-refractivity contribution in [2.24, 2.45) is 0 Å². The minimum atomic E-state index is -4.44. The third kappa shape index (κ3) is 3.27. The summed E-state index contributed by atoms with van der Waals surface area (Å²) in [6, 6.07) is 2.41. The summed E-state index contributed by atoms with van der Waals surface area (Å²) < 4.78 is 45.3. The molecule has 4 nitrogen and oxygen atoms in total. The lowest BCUT2D eigenvalue weighted by Crippen LogP contribution is -2.28. The molecule has 1 rings (SSSR count). The first-order chi connectivity index (χ1) is 7.30. The molecule has 0 saturated heterocycles. The Morgan fingerprint density at radius 2 is 2.19 bits per heavy atom. The summed E-state index contributed by atoms with van der Waals surface area (Å²) in [5, 5.41) is 8.49. The normalized spacial score (nSPS) is 13.8. The minimum Gasteiger partial charge on any atom is -0.475 e. The van der Waals surface area contributed by atoms with Gasteiger partial charge in [0, 0.05) is 0 Å². The van der Waals surface area contributed by atoms with Crippen molar-refractivity contribution in [1.82, 2.24) is 0 Å². The van der Waals surface area contributed by atoms with Gasteiger partial charge in [0.25, 0.3) is 0 Å². The second-order valence-corrected chi connectivity index (χ2v) is 3.07. The highest BCUT2D eigenvalue weighted by Gasteiger charge is 2.37. The standard InChI is InChI=1S/C9H9F3O4/c1-5(9(10,11)12)15-4-6-2-3-7(16-6)8(13)14/h2-3,5H,4H2,1H3,(H,13,14). The minimum absolute atomic E-state index is 0.0356. The highest BCUT2D eigenvalue weighted by molar-refractivity contribution is 5.84. The maximum absolute atomic E-state index is 12.0. The summed E-state index contributed by atoms with van der Waals surface area (Å²) in [4.78, 5) is 10.4. The number of carboxylic acids is 1. The Morgan fingerprint density at radius 3 is 2.62 bits per heavy atom. The van der Waals surface area contributed by atoms with Gasteiger partial charge in [0.05, 0.1) is 0 Å². The van der Waals surface area contributed by atoms with E-state index in [2.05, 4.69) is 4.74 Å². The Hall–Kier alpha value is -1.50. The third-order valence-electron chi connectivity index (χ3n) is 1.81. The van der Waals surface area contributed by atoms with Crippen LogP contribution in [0, 0.1) is 0 Å². The van der Waals surface area contributed by atoms with Gasteiger partial charge in [-0.2, -0.15) is 13.2 Å². The molecule has 1 N–H and O–H groups in total. The highest BCUT2D eigenvalue weighted by atomic mass is 19.4. The molecule has 90 valence electrons. The van der Waals surface area contributed by atoms with Gasteiger partial charge in [-0.25, -0.2) is 4.79 Å². The summed E-state index contributed by atoms with van der Waals surface area (Å²) in [7, 11) is 0. The molecule has 1 aromatic heterocycles. The van der Waals surface area contributed by atoms with Crippen LogP contribution in [0.2, 0.25) is 0 Å². The van der Waals surface area contributed by atoms with Crippen LogP contribution in [-0.2, 0) is 11.3 Å². The van der Waals surface area contributed by atoms with Gasteiger partial charge in [0.1, 0.15) is 12.4 Å². The van der Waals surface area contributed by atoms with Crippen LogP contribution in [0.15, 0.2) is 16.5 Å². The van der Waals surface area contributed by atoms with Crippen molar-refractivity contribution in [3.63, 3.8) is 0 Å². The van der Waals surface area contributed by atoms with Gasteiger partial charge in [-0.05, 0) is 19.1 Å². The largest absolute Gasteiger partial charge is 0.475 e. The predicted molar refractivity (Wildman–Crippen MR) is 46.0 cm³/mol. The summed E-state index contributed by atoms with van der Waals surface area (Å²) in [5.41, 5.74) is 0. The van der Waals surface area contributed by atoms with Crippen molar-refractivity contribution in [3.05, 3.63) is 23.7 Å². The van der Waals surface area contributed by atoms with Gasteiger partial charge in [-0.15, -0.1) is 0 Å². The summed E-state index contributed by atoms with van der Waals surface area (Å²) in [6.07, 6.45) is -6.37. The summed E-state index contributed by atoms with van der Waals surface area (Å²) in [5.74, 6) is -1.58. The molecule has 0 saturated carbocycles. The zero-order valence-corrected chi connectivity index (χ0v) is 8.25. The monoisotopic (exact) mass is 238 g/mol. The summed E-state index contributed by atoms with van der Waals surface area (Å²) >= 11 is 0. The third-order valence-corrected chi connectivity index (χ3v) is 1.81. The van der Waals surface area contributed by atoms with Crippen LogP contribution < -0.4 is 0 Å². The van der Waals surface area contributed by atoms with E-state index in [-0.39, 0.29) is 11.5 Å². The number of rotatable bonds is 4. The van der Waals surface area contributed by atoms with Crippen LogP contribution in [-0.4, -0.2) is 23.4 Å². The van der Waals surface area contributed by atoms with Gasteiger partial charge in [-0.3, -0.25) is 0 Å². The quantitative estimate of drug-likeness (QED) is 0.875. The molecule has 16 heavy (non-hydrogen) atoms. The number of carboxylic acid groups (broad SMARTS) is 1. The maximum Gasteiger partial charge on any atom is 0.414 e. The molecule has 7 heteroatoms. The van der Waals surface area contributed by atoms with Crippen LogP contribution in [0.25, 0.3) is 0 Å². The van der Waals surface area contributed by atoms with Gasteiger partial charge in [-0.1, -0.05) is 0 Å². The van der Waals surface area contributed by atoms with E-state index in [0.717, 1.165) is 13.0 Å². The predicted octanol–water partition coefficient (Wildman–Crippen LogP) is 2.45. The van der Waals surface area contributed by atoms with Crippen molar-refractivity contribution in [3.8, 4) is 0 Å². The van der Waals surface area contributed by atoms with Crippen LogP contribution >= 0.6 is 0 Å². The molecule has 0 spiro atoms. The second-order valence-electron chi connectivity index (χ2n) is 3.07. The number of aromatic carboxylic acids is 1. The number of ether oxygens (including phenoxy) is 1.